The first-order chi connectivity index (χ1) is 10.3. The molecule has 0 aliphatic heterocycles. The number of nitrogens with zero attached hydrogens (tertiary/aromatic N) is 1. The number of aromatic amines is 1. The number of H-pyrrole nitrogens is 1. The molecule has 0 radical (unpaired) electrons. The van der Waals surface area contributed by atoms with Crippen molar-refractivity contribution in [2.75, 3.05) is 0 Å². The Labute approximate surface area is 126 Å². The van der Waals surface area contributed by atoms with E-state index < -0.39 is 0 Å². The molecule has 0 aliphatic rings. The van der Waals surface area contributed by atoms with Gasteiger partial charge in [0.15, 0.2) is 0 Å². The molecule has 0 aliphatic carbocycles. The highest BCUT2D eigenvalue weighted by molar-refractivity contribution is 6.30. The molecule has 0 unspecified atom stereocenters. The van der Waals surface area contributed by atoms with Crippen molar-refractivity contribution in [2.24, 2.45) is 0 Å². The van der Waals surface area contributed by atoms with Crippen LogP contribution in [0.3, 0.4) is 0 Å². The highest BCUT2D eigenvalue weighted by Crippen LogP contribution is 2.31. The van der Waals surface area contributed by atoms with Crippen molar-refractivity contribution < 1.29 is 4.42 Å². The third kappa shape index (κ3) is 2.12. The molecule has 3 heterocycles. The van der Waals surface area contributed by atoms with Crippen LogP contribution in [0.4, 0.5) is 0 Å². The summed E-state index contributed by atoms with van der Waals surface area (Å²) >= 11 is 5.94. The summed E-state index contributed by atoms with van der Waals surface area (Å²) < 4.78 is 5.17. The first-order valence-corrected chi connectivity index (χ1v) is 6.95. The summed E-state index contributed by atoms with van der Waals surface area (Å²) in [6, 6.07) is 11.8. The van der Waals surface area contributed by atoms with E-state index in [1.807, 2.05) is 42.7 Å². The molecule has 4 rings (SSSR count). The van der Waals surface area contributed by atoms with Crippen LogP contribution in [-0.2, 0) is 0 Å². The van der Waals surface area contributed by atoms with Crippen molar-refractivity contribution in [2.45, 2.75) is 0 Å². The number of hydrogen-bond donors (Lipinski definition) is 1. The van der Waals surface area contributed by atoms with Gasteiger partial charge in [-0.05, 0) is 29.8 Å². The number of hydrogen-bond acceptors (Lipinski definition) is 2. The van der Waals surface area contributed by atoms with E-state index in [2.05, 4.69) is 16.0 Å². The molecule has 1 N–H and O–H groups in total. The van der Waals surface area contributed by atoms with Crippen molar-refractivity contribution in [3.63, 3.8) is 0 Å². The van der Waals surface area contributed by atoms with E-state index in [9.17, 15) is 0 Å². The van der Waals surface area contributed by atoms with Crippen molar-refractivity contribution >= 4 is 22.6 Å². The molecule has 0 atom stereocenters. The van der Waals surface area contributed by atoms with Crippen LogP contribution in [0.15, 0.2) is 65.7 Å². The summed E-state index contributed by atoms with van der Waals surface area (Å²) in [5.41, 5.74) is 5.14. The van der Waals surface area contributed by atoms with Gasteiger partial charge in [-0.25, -0.2) is 4.98 Å². The maximum atomic E-state index is 5.94. The Morgan fingerprint density at radius 2 is 1.86 bits per heavy atom. The average Bonchev–Trinajstić information content (AvgIpc) is 3.16. The van der Waals surface area contributed by atoms with Crippen LogP contribution >= 0.6 is 11.6 Å². The molecule has 3 aromatic heterocycles. The second-order valence-electron chi connectivity index (χ2n) is 4.84. The Hall–Kier alpha value is -2.52. The maximum absolute atomic E-state index is 5.94. The second-order valence-corrected chi connectivity index (χ2v) is 5.28. The molecule has 0 spiro atoms. The zero-order valence-corrected chi connectivity index (χ0v) is 11.8. The predicted octanol–water partition coefficient (Wildman–Crippen LogP) is 5.14. The topological polar surface area (TPSA) is 41.8 Å². The number of furan rings is 1. The number of fused-ring (bicyclic) bond motifs is 1. The largest absolute Gasteiger partial charge is 0.472 e. The van der Waals surface area contributed by atoms with Crippen molar-refractivity contribution in [3.05, 3.63) is 66.3 Å². The first-order valence-electron chi connectivity index (χ1n) is 6.57. The minimum atomic E-state index is 0.730. The summed E-state index contributed by atoms with van der Waals surface area (Å²) in [6.45, 7) is 0. The number of halogens is 1. The van der Waals surface area contributed by atoms with Gasteiger partial charge < -0.3 is 9.40 Å². The normalized spacial score (nSPS) is 11.1. The van der Waals surface area contributed by atoms with Crippen LogP contribution in [0, 0.1) is 0 Å². The lowest BCUT2D eigenvalue weighted by molar-refractivity contribution is 0.568. The molecule has 0 saturated carbocycles. The monoisotopic (exact) mass is 294 g/mol. The zero-order valence-electron chi connectivity index (χ0n) is 11.0. The van der Waals surface area contributed by atoms with E-state index in [1.54, 1.807) is 12.5 Å². The Bertz CT molecular complexity index is 892. The van der Waals surface area contributed by atoms with Crippen LogP contribution in [0.1, 0.15) is 0 Å². The van der Waals surface area contributed by atoms with Gasteiger partial charge in [0, 0.05) is 39.5 Å². The second kappa shape index (κ2) is 4.79. The molecular formula is C17H11ClN2O. The first kappa shape index (κ1) is 12.2. The molecule has 3 nitrogen and oxygen atoms in total. The van der Waals surface area contributed by atoms with Gasteiger partial charge in [-0.3, -0.25) is 0 Å². The fourth-order valence-electron chi connectivity index (χ4n) is 2.46. The van der Waals surface area contributed by atoms with Crippen LogP contribution in [0.5, 0.6) is 0 Å². The lowest BCUT2D eigenvalue weighted by Crippen LogP contribution is -1.82. The number of rotatable bonds is 2. The fourth-order valence-corrected chi connectivity index (χ4v) is 2.59. The quantitative estimate of drug-likeness (QED) is 0.556. The van der Waals surface area contributed by atoms with Gasteiger partial charge in [-0.15, -0.1) is 0 Å². The van der Waals surface area contributed by atoms with Gasteiger partial charge in [-0.1, -0.05) is 23.7 Å². The summed E-state index contributed by atoms with van der Waals surface area (Å²) in [7, 11) is 0. The molecular weight excluding hydrogens is 284 g/mol. The Morgan fingerprint density at radius 1 is 1.00 bits per heavy atom. The Kier molecular flexibility index (Phi) is 2.79. The molecule has 21 heavy (non-hydrogen) atoms. The molecule has 0 fully saturated rings. The van der Waals surface area contributed by atoms with E-state index in [4.69, 9.17) is 16.0 Å². The van der Waals surface area contributed by atoms with E-state index in [0.29, 0.717) is 0 Å². The van der Waals surface area contributed by atoms with E-state index in [-0.39, 0.29) is 0 Å². The minimum Gasteiger partial charge on any atom is -0.472 e. The fraction of sp³-hybridized carbons (Fsp3) is 0. The number of aromatic nitrogens is 2. The number of nitrogens with one attached hydrogen (secondary N) is 1. The highest BCUT2D eigenvalue weighted by Gasteiger charge is 2.09. The summed E-state index contributed by atoms with van der Waals surface area (Å²) in [4.78, 5) is 7.68. The van der Waals surface area contributed by atoms with Crippen LogP contribution in [0.2, 0.25) is 5.02 Å². The van der Waals surface area contributed by atoms with Crippen molar-refractivity contribution in [3.8, 4) is 22.3 Å². The molecule has 0 amide bonds. The number of benzene rings is 1. The zero-order chi connectivity index (χ0) is 14.2. The smallest absolute Gasteiger partial charge is 0.137 e. The van der Waals surface area contributed by atoms with Gasteiger partial charge in [0.25, 0.3) is 0 Å². The van der Waals surface area contributed by atoms with Crippen LogP contribution in [0.25, 0.3) is 33.3 Å². The molecule has 4 heteroatoms. The van der Waals surface area contributed by atoms with Crippen molar-refractivity contribution in [1.82, 2.24) is 9.97 Å². The molecule has 0 saturated heterocycles. The predicted molar refractivity (Wildman–Crippen MR) is 84.2 cm³/mol. The van der Waals surface area contributed by atoms with Gasteiger partial charge in [0.1, 0.15) is 5.65 Å². The third-order valence-electron chi connectivity index (χ3n) is 3.54. The van der Waals surface area contributed by atoms with Crippen LogP contribution < -0.4 is 0 Å². The van der Waals surface area contributed by atoms with E-state index in [0.717, 1.165) is 38.3 Å². The summed E-state index contributed by atoms with van der Waals surface area (Å²) in [6.07, 6.45) is 7.22. The van der Waals surface area contributed by atoms with Crippen molar-refractivity contribution in [1.29, 1.82) is 0 Å². The van der Waals surface area contributed by atoms with Gasteiger partial charge in [0.05, 0.1) is 12.5 Å². The van der Waals surface area contributed by atoms with E-state index >= 15 is 0 Å². The van der Waals surface area contributed by atoms with Gasteiger partial charge >= 0.3 is 0 Å². The van der Waals surface area contributed by atoms with Gasteiger partial charge in [0.2, 0.25) is 0 Å². The highest BCUT2D eigenvalue weighted by atomic mass is 35.5. The third-order valence-corrected chi connectivity index (χ3v) is 3.79. The SMILES string of the molecule is Clc1ccc(-c2cnc3[nH]cc(-c4ccoc4)c3c2)cc1. The number of pyridine rings is 1. The Balaban J connectivity index is 1.89. The van der Waals surface area contributed by atoms with E-state index in [1.165, 1.54) is 0 Å². The molecule has 0 bridgehead atoms. The minimum absolute atomic E-state index is 0.730. The average molecular weight is 295 g/mol. The molecule has 102 valence electrons. The lowest BCUT2D eigenvalue weighted by Gasteiger charge is -2.02. The Morgan fingerprint density at radius 3 is 2.62 bits per heavy atom. The summed E-state index contributed by atoms with van der Waals surface area (Å²) in [5, 5.41) is 1.80. The molecule has 1 aromatic carbocycles. The maximum Gasteiger partial charge on any atom is 0.137 e. The standard InChI is InChI=1S/C17H11ClN2O/c18-14-3-1-11(2-4-14)13-7-15-16(12-5-6-21-10-12)9-20-17(15)19-8-13/h1-10H,(H,19,20). The molecule has 4 aromatic rings. The van der Waals surface area contributed by atoms with Crippen LogP contribution in [-0.4, -0.2) is 9.97 Å². The van der Waals surface area contributed by atoms with Gasteiger partial charge in [-0.2, -0.15) is 0 Å². The lowest BCUT2D eigenvalue weighted by atomic mass is 10.0. The summed E-state index contributed by atoms with van der Waals surface area (Å²) in [5.74, 6) is 0.